The predicted molar refractivity (Wildman–Crippen MR) is 160 cm³/mol. The van der Waals surface area contributed by atoms with E-state index in [0.29, 0.717) is 17.2 Å². The Morgan fingerprint density at radius 1 is 0.410 bits per heavy atom. The minimum atomic E-state index is -0.179. The molecule has 0 unspecified atom stereocenters. The smallest absolute Gasteiger partial charge is 0.121 e. The largest absolute Gasteiger partial charge is 0.508 e. The molecule has 4 rings (SSSR count). The van der Waals surface area contributed by atoms with Crippen LogP contribution in [0.3, 0.4) is 0 Å². The number of aryl methyl sites for hydroxylation is 5. The van der Waals surface area contributed by atoms with Gasteiger partial charge in [-0.05, 0) is 103 Å². The molecular formula is C35H42O4. The molecule has 0 aliphatic heterocycles. The molecule has 0 aliphatic rings. The molecule has 4 aromatic rings. The summed E-state index contributed by atoms with van der Waals surface area (Å²) < 4.78 is 0. The van der Waals surface area contributed by atoms with Crippen molar-refractivity contribution in [3.05, 3.63) is 117 Å². The Morgan fingerprint density at radius 2 is 0.744 bits per heavy atom. The molecule has 4 heteroatoms. The van der Waals surface area contributed by atoms with Crippen LogP contribution in [0, 0.1) is 34.6 Å². The lowest BCUT2D eigenvalue weighted by Gasteiger charge is -2.28. The molecule has 39 heavy (non-hydrogen) atoms. The van der Waals surface area contributed by atoms with E-state index in [4.69, 9.17) is 0 Å². The van der Waals surface area contributed by atoms with E-state index < -0.39 is 0 Å². The Bertz CT molecular complexity index is 1430. The summed E-state index contributed by atoms with van der Waals surface area (Å²) in [6, 6.07) is 21.1. The SMILES string of the molecule is Cc1cc(C(C)(C)c2cc(C)c(O)c(C)c2)ccc1O.Cc1cc(C(C)(C)c2ccc(O)cc2)cc(C)c1O. The first-order valence-electron chi connectivity index (χ1n) is 13.3. The molecule has 0 spiro atoms. The molecule has 0 heterocycles. The zero-order valence-corrected chi connectivity index (χ0v) is 24.6. The van der Waals surface area contributed by atoms with Gasteiger partial charge in [-0.3, -0.25) is 0 Å². The monoisotopic (exact) mass is 526 g/mol. The summed E-state index contributed by atoms with van der Waals surface area (Å²) >= 11 is 0. The zero-order chi connectivity index (χ0) is 29.3. The number of aromatic hydroxyl groups is 4. The van der Waals surface area contributed by atoms with Crippen LogP contribution in [-0.2, 0) is 10.8 Å². The van der Waals surface area contributed by atoms with Gasteiger partial charge < -0.3 is 20.4 Å². The first kappa shape index (κ1) is 29.6. The molecule has 0 atom stereocenters. The first-order chi connectivity index (χ1) is 18.0. The van der Waals surface area contributed by atoms with Crippen LogP contribution in [-0.4, -0.2) is 20.4 Å². The Labute approximate surface area is 233 Å². The molecule has 0 radical (unpaired) electrons. The fourth-order valence-electron chi connectivity index (χ4n) is 4.89. The Morgan fingerprint density at radius 3 is 1.13 bits per heavy atom. The summed E-state index contributed by atoms with van der Waals surface area (Å²) in [5.74, 6) is 1.33. The molecule has 206 valence electrons. The Balaban J connectivity index is 0.000000216. The number of phenolic OH excluding ortho intramolecular Hbond substituents is 4. The van der Waals surface area contributed by atoms with Gasteiger partial charge in [0.05, 0.1) is 0 Å². The second-order valence-corrected chi connectivity index (χ2v) is 11.7. The lowest BCUT2D eigenvalue weighted by atomic mass is 9.76. The Kier molecular flexibility index (Phi) is 8.40. The molecule has 0 fully saturated rings. The average Bonchev–Trinajstić information content (AvgIpc) is 2.87. The van der Waals surface area contributed by atoms with Gasteiger partial charge in [0.25, 0.3) is 0 Å². The van der Waals surface area contributed by atoms with Gasteiger partial charge in [-0.15, -0.1) is 0 Å². The van der Waals surface area contributed by atoms with E-state index in [1.165, 1.54) is 0 Å². The van der Waals surface area contributed by atoms with Gasteiger partial charge in [-0.1, -0.05) is 76.2 Å². The van der Waals surface area contributed by atoms with Crippen LogP contribution in [0.4, 0.5) is 0 Å². The van der Waals surface area contributed by atoms with Crippen molar-refractivity contribution in [3.63, 3.8) is 0 Å². The van der Waals surface area contributed by atoms with Crippen molar-refractivity contribution in [2.24, 2.45) is 0 Å². The van der Waals surface area contributed by atoms with Crippen molar-refractivity contribution < 1.29 is 20.4 Å². The minimum absolute atomic E-state index is 0.170. The molecule has 0 saturated carbocycles. The third-order valence-electron chi connectivity index (χ3n) is 7.93. The third kappa shape index (κ3) is 6.22. The number of hydrogen-bond donors (Lipinski definition) is 4. The topological polar surface area (TPSA) is 80.9 Å². The third-order valence-corrected chi connectivity index (χ3v) is 7.93. The second-order valence-electron chi connectivity index (χ2n) is 11.7. The summed E-state index contributed by atoms with van der Waals surface area (Å²) in [4.78, 5) is 0. The van der Waals surface area contributed by atoms with Crippen LogP contribution in [0.5, 0.6) is 23.0 Å². The van der Waals surface area contributed by atoms with Crippen LogP contribution in [0.25, 0.3) is 0 Å². The number of benzene rings is 4. The van der Waals surface area contributed by atoms with Crippen molar-refractivity contribution >= 4 is 0 Å². The molecule has 4 nitrogen and oxygen atoms in total. The highest BCUT2D eigenvalue weighted by molar-refractivity contribution is 5.50. The Hall–Kier alpha value is -3.92. The minimum Gasteiger partial charge on any atom is -0.508 e. The molecule has 4 aromatic carbocycles. The lowest BCUT2D eigenvalue weighted by Crippen LogP contribution is -2.19. The van der Waals surface area contributed by atoms with E-state index in [9.17, 15) is 20.4 Å². The van der Waals surface area contributed by atoms with Gasteiger partial charge in [0, 0.05) is 10.8 Å². The molecule has 0 aromatic heterocycles. The summed E-state index contributed by atoms with van der Waals surface area (Å²) in [5.41, 5.74) is 8.70. The van der Waals surface area contributed by atoms with Gasteiger partial charge in [0.2, 0.25) is 0 Å². The number of rotatable bonds is 4. The maximum absolute atomic E-state index is 9.91. The van der Waals surface area contributed by atoms with E-state index in [0.717, 1.165) is 50.1 Å². The molecule has 0 aliphatic carbocycles. The summed E-state index contributed by atoms with van der Waals surface area (Å²) in [5, 5.41) is 38.8. The summed E-state index contributed by atoms with van der Waals surface area (Å²) in [6.07, 6.45) is 0. The van der Waals surface area contributed by atoms with Gasteiger partial charge >= 0.3 is 0 Å². The van der Waals surface area contributed by atoms with Gasteiger partial charge in [-0.25, -0.2) is 0 Å². The van der Waals surface area contributed by atoms with Crippen LogP contribution in [0.15, 0.2) is 66.7 Å². The molecule has 0 bridgehead atoms. The van der Waals surface area contributed by atoms with Crippen LogP contribution < -0.4 is 0 Å². The highest BCUT2D eigenvalue weighted by Gasteiger charge is 2.26. The van der Waals surface area contributed by atoms with E-state index in [2.05, 4.69) is 27.7 Å². The fourth-order valence-corrected chi connectivity index (χ4v) is 4.89. The molecule has 4 N–H and O–H groups in total. The van der Waals surface area contributed by atoms with Crippen molar-refractivity contribution in [2.75, 3.05) is 0 Å². The summed E-state index contributed by atoms with van der Waals surface area (Å²) in [7, 11) is 0. The fraction of sp³-hybridized carbons (Fsp3) is 0.314. The number of phenols is 4. The maximum Gasteiger partial charge on any atom is 0.121 e. The molecule has 0 saturated heterocycles. The maximum atomic E-state index is 9.91. The molecular weight excluding hydrogens is 484 g/mol. The quantitative estimate of drug-likeness (QED) is 0.215. The van der Waals surface area contributed by atoms with E-state index >= 15 is 0 Å². The zero-order valence-electron chi connectivity index (χ0n) is 24.6. The van der Waals surface area contributed by atoms with Crippen molar-refractivity contribution in [3.8, 4) is 23.0 Å². The van der Waals surface area contributed by atoms with Gasteiger partial charge in [-0.2, -0.15) is 0 Å². The summed E-state index contributed by atoms with van der Waals surface area (Å²) in [6.45, 7) is 18.2. The van der Waals surface area contributed by atoms with Gasteiger partial charge in [0.15, 0.2) is 0 Å². The normalized spacial score (nSPS) is 11.6. The van der Waals surface area contributed by atoms with Crippen molar-refractivity contribution in [2.45, 2.75) is 73.1 Å². The van der Waals surface area contributed by atoms with Crippen LogP contribution in [0.1, 0.15) is 77.8 Å². The van der Waals surface area contributed by atoms with E-state index in [1.54, 1.807) is 18.2 Å². The van der Waals surface area contributed by atoms with E-state index in [-0.39, 0.29) is 16.6 Å². The van der Waals surface area contributed by atoms with E-state index in [1.807, 2.05) is 83.1 Å². The first-order valence-corrected chi connectivity index (χ1v) is 13.3. The van der Waals surface area contributed by atoms with Crippen LogP contribution >= 0.6 is 0 Å². The lowest BCUT2D eigenvalue weighted by molar-refractivity contribution is 0.465. The average molecular weight is 527 g/mol. The number of hydrogen-bond acceptors (Lipinski definition) is 4. The standard InChI is InChI=1S/C18H22O2.C17H20O2/c1-11-8-14(6-7-16(11)19)18(4,5)15-9-12(2)17(20)13(3)10-15;1-11-9-14(10-12(2)16(11)19)17(3,4)13-5-7-15(18)8-6-13/h6-10,19-20H,1-5H3;5-10,18-19H,1-4H3. The highest BCUT2D eigenvalue weighted by Crippen LogP contribution is 2.37. The second kappa shape index (κ2) is 11.1. The van der Waals surface area contributed by atoms with Crippen LogP contribution in [0.2, 0.25) is 0 Å². The van der Waals surface area contributed by atoms with Crippen molar-refractivity contribution in [1.82, 2.24) is 0 Å². The molecule has 0 amide bonds. The predicted octanol–water partition coefficient (Wildman–Crippen LogP) is 8.39. The highest BCUT2D eigenvalue weighted by atomic mass is 16.3. The van der Waals surface area contributed by atoms with Crippen molar-refractivity contribution in [1.29, 1.82) is 0 Å². The van der Waals surface area contributed by atoms with Gasteiger partial charge in [0.1, 0.15) is 23.0 Å².